The summed E-state index contributed by atoms with van der Waals surface area (Å²) in [6.07, 6.45) is 7.53. The van der Waals surface area contributed by atoms with Crippen LogP contribution in [0.1, 0.15) is 32.2 Å². The third kappa shape index (κ3) is 2.07. The molecule has 0 bridgehead atoms. The Morgan fingerprint density at radius 3 is 2.88 bits per heavy atom. The van der Waals surface area contributed by atoms with E-state index >= 15 is 0 Å². The van der Waals surface area contributed by atoms with Gasteiger partial charge >= 0.3 is 0 Å². The molecule has 1 aliphatic carbocycles. The van der Waals surface area contributed by atoms with Gasteiger partial charge in [-0.2, -0.15) is 0 Å². The van der Waals surface area contributed by atoms with Gasteiger partial charge in [0, 0.05) is 6.20 Å². The van der Waals surface area contributed by atoms with Crippen LogP contribution in [-0.4, -0.2) is 20.0 Å². The average Bonchev–Trinajstić information content (AvgIpc) is 2.98. The topological polar surface area (TPSA) is 43.6 Å². The number of pyridine rings is 1. The second-order valence-electron chi connectivity index (χ2n) is 4.87. The highest BCUT2D eigenvalue weighted by molar-refractivity contribution is 5.51. The molecule has 1 aliphatic rings. The molecule has 2 aromatic rings. The second-order valence-corrected chi connectivity index (χ2v) is 4.87. The van der Waals surface area contributed by atoms with Gasteiger partial charge in [-0.15, -0.1) is 5.10 Å². The molecule has 2 unspecified atom stereocenters. The highest BCUT2D eigenvalue weighted by atomic mass is 15.4. The van der Waals surface area contributed by atoms with E-state index in [4.69, 9.17) is 0 Å². The molecule has 4 heteroatoms. The smallest absolute Gasteiger partial charge is 0.131 e. The lowest BCUT2D eigenvalue weighted by atomic mass is 10.1. The van der Waals surface area contributed by atoms with E-state index in [0.29, 0.717) is 6.04 Å². The third-order valence-electron chi connectivity index (χ3n) is 3.48. The van der Waals surface area contributed by atoms with E-state index in [1.54, 1.807) is 6.20 Å². The SMILES string of the molecule is CC1CCC(n2cc(-c3ccccn3)nn2)C1. The Kier molecular flexibility index (Phi) is 2.63. The summed E-state index contributed by atoms with van der Waals surface area (Å²) in [5.74, 6) is 0.808. The van der Waals surface area contributed by atoms with Crippen molar-refractivity contribution in [2.24, 2.45) is 5.92 Å². The van der Waals surface area contributed by atoms with Gasteiger partial charge in [0.2, 0.25) is 0 Å². The lowest BCUT2D eigenvalue weighted by Gasteiger charge is -2.07. The largest absolute Gasteiger partial charge is 0.254 e. The molecule has 1 saturated carbocycles. The molecule has 2 aromatic heterocycles. The Bertz CT molecular complexity index is 491. The number of hydrogen-bond acceptors (Lipinski definition) is 3. The van der Waals surface area contributed by atoms with Crippen LogP contribution in [0, 0.1) is 5.92 Å². The predicted octanol–water partition coefficient (Wildman–Crippen LogP) is 2.70. The number of nitrogens with zero attached hydrogens (tertiary/aromatic N) is 4. The minimum atomic E-state index is 0.523. The minimum absolute atomic E-state index is 0.523. The summed E-state index contributed by atoms with van der Waals surface area (Å²) in [4.78, 5) is 4.29. The van der Waals surface area contributed by atoms with Crippen molar-refractivity contribution in [2.45, 2.75) is 32.2 Å². The summed E-state index contributed by atoms with van der Waals surface area (Å²) in [7, 11) is 0. The molecule has 3 rings (SSSR count). The summed E-state index contributed by atoms with van der Waals surface area (Å²) in [5, 5.41) is 8.44. The number of aromatic nitrogens is 4. The summed E-state index contributed by atoms with van der Waals surface area (Å²) in [6, 6.07) is 6.37. The predicted molar refractivity (Wildman–Crippen MR) is 65.3 cm³/mol. The molecule has 2 heterocycles. The molecule has 2 atom stereocenters. The Labute approximate surface area is 101 Å². The molecule has 88 valence electrons. The van der Waals surface area contributed by atoms with Gasteiger partial charge in [-0.1, -0.05) is 18.2 Å². The minimum Gasteiger partial charge on any atom is -0.254 e. The molecule has 0 amide bonds. The maximum atomic E-state index is 4.29. The molecule has 0 aliphatic heterocycles. The number of rotatable bonds is 2. The van der Waals surface area contributed by atoms with Gasteiger partial charge in [0.15, 0.2) is 0 Å². The Morgan fingerprint density at radius 1 is 1.24 bits per heavy atom. The summed E-state index contributed by atoms with van der Waals surface area (Å²) in [6.45, 7) is 2.30. The molecule has 4 nitrogen and oxygen atoms in total. The van der Waals surface area contributed by atoms with Crippen molar-refractivity contribution in [1.29, 1.82) is 0 Å². The van der Waals surface area contributed by atoms with Crippen molar-refractivity contribution in [3.8, 4) is 11.4 Å². The Hall–Kier alpha value is -1.71. The summed E-state index contributed by atoms with van der Waals surface area (Å²) < 4.78 is 2.01. The molecule has 0 aromatic carbocycles. The van der Waals surface area contributed by atoms with Crippen LogP contribution in [-0.2, 0) is 0 Å². The first kappa shape index (κ1) is 10.4. The van der Waals surface area contributed by atoms with Gasteiger partial charge in [-0.05, 0) is 37.3 Å². The average molecular weight is 228 g/mol. The molecule has 17 heavy (non-hydrogen) atoms. The van der Waals surface area contributed by atoms with Crippen LogP contribution in [0.4, 0.5) is 0 Å². The van der Waals surface area contributed by atoms with Crippen molar-refractivity contribution in [1.82, 2.24) is 20.0 Å². The fraction of sp³-hybridized carbons (Fsp3) is 0.462. The zero-order valence-electron chi connectivity index (χ0n) is 9.95. The molecule has 0 radical (unpaired) electrons. The van der Waals surface area contributed by atoms with E-state index in [0.717, 1.165) is 17.3 Å². The van der Waals surface area contributed by atoms with Gasteiger partial charge in [-0.3, -0.25) is 4.98 Å². The van der Waals surface area contributed by atoms with E-state index in [1.165, 1.54) is 19.3 Å². The zero-order chi connectivity index (χ0) is 11.7. The van der Waals surface area contributed by atoms with Crippen molar-refractivity contribution in [3.63, 3.8) is 0 Å². The monoisotopic (exact) mass is 228 g/mol. The van der Waals surface area contributed by atoms with Crippen LogP contribution in [0.25, 0.3) is 11.4 Å². The molecule has 0 saturated heterocycles. The van der Waals surface area contributed by atoms with Crippen molar-refractivity contribution in [2.75, 3.05) is 0 Å². The van der Waals surface area contributed by atoms with Gasteiger partial charge in [0.1, 0.15) is 5.69 Å². The van der Waals surface area contributed by atoms with Crippen molar-refractivity contribution < 1.29 is 0 Å². The lowest BCUT2D eigenvalue weighted by Crippen LogP contribution is -2.05. The fourth-order valence-corrected chi connectivity index (χ4v) is 2.50. The second kappa shape index (κ2) is 4.28. The lowest BCUT2D eigenvalue weighted by molar-refractivity contribution is 0.439. The van der Waals surface area contributed by atoms with Crippen LogP contribution in [0.15, 0.2) is 30.6 Å². The van der Waals surface area contributed by atoms with E-state index in [2.05, 4.69) is 22.2 Å². The molecule has 1 fully saturated rings. The highest BCUT2D eigenvalue weighted by Gasteiger charge is 2.23. The molecular weight excluding hydrogens is 212 g/mol. The summed E-state index contributed by atoms with van der Waals surface area (Å²) >= 11 is 0. The van der Waals surface area contributed by atoms with Gasteiger partial charge in [-0.25, -0.2) is 4.68 Å². The van der Waals surface area contributed by atoms with Crippen LogP contribution in [0.3, 0.4) is 0 Å². The van der Waals surface area contributed by atoms with Crippen molar-refractivity contribution >= 4 is 0 Å². The fourth-order valence-electron chi connectivity index (χ4n) is 2.50. The molecular formula is C13H16N4. The van der Waals surface area contributed by atoms with Crippen LogP contribution < -0.4 is 0 Å². The normalized spacial score (nSPS) is 24.1. The van der Waals surface area contributed by atoms with Crippen LogP contribution >= 0.6 is 0 Å². The Balaban J connectivity index is 1.84. The summed E-state index contributed by atoms with van der Waals surface area (Å²) in [5.41, 5.74) is 1.76. The van der Waals surface area contributed by atoms with Gasteiger partial charge in [0.25, 0.3) is 0 Å². The van der Waals surface area contributed by atoms with E-state index in [1.807, 2.05) is 29.1 Å². The highest BCUT2D eigenvalue weighted by Crippen LogP contribution is 2.33. The van der Waals surface area contributed by atoms with Crippen LogP contribution in [0.2, 0.25) is 0 Å². The van der Waals surface area contributed by atoms with E-state index in [-0.39, 0.29) is 0 Å². The van der Waals surface area contributed by atoms with E-state index < -0.39 is 0 Å². The maximum absolute atomic E-state index is 4.29. The van der Waals surface area contributed by atoms with Gasteiger partial charge < -0.3 is 0 Å². The quantitative estimate of drug-likeness (QED) is 0.793. The first-order valence-corrected chi connectivity index (χ1v) is 6.16. The van der Waals surface area contributed by atoms with Gasteiger partial charge in [0.05, 0.1) is 17.9 Å². The van der Waals surface area contributed by atoms with Crippen molar-refractivity contribution in [3.05, 3.63) is 30.6 Å². The number of hydrogen-bond donors (Lipinski definition) is 0. The Morgan fingerprint density at radius 2 is 2.18 bits per heavy atom. The third-order valence-corrected chi connectivity index (χ3v) is 3.48. The molecule has 0 N–H and O–H groups in total. The molecule has 0 spiro atoms. The zero-order valence-corrected chi connectivity index (χ0v) is 9.95. The first-order chi connectivity index (χ1) is 8.33. The standard InChI is InChI=1S/C13H16N4/c1-10-5-6-11(8-10)17-9-13(15-16-17)12-4-2-3-7-14-12/h2-4,7,9-11H,5-6,8H2,1H3. The van der Waals surface area contributed by atoms with E-state index in [9.17, 15) is 0 Å². The van der Waals surface area contributed by atoms with Crippen LogP contribution in [0.5, 0.6) is 0 Å². The maximum Gasteiger partial charge on any atom is 0.131 e. The first-order valence-electron chi connectivity index (χ1n) is 6.16.